The minimum atomic E-state index is -0.153. The Morgan fingerprint density at radius 1 is 0.889 bits per heavy atom. The molecule has 5 heteroatoms. The standard InChI is InChI=1S/C22H29N3O2/c1-3-4-15-23-22(27)24-16-10-17-25(19-12-6-5-7-13-19)21(26)20-14-9-8-11-18(20)2/h5-9,11-14H,3-4,10,15-17H2,1-2H3,(H2,23,24,27). The third-order valence-electron chi connectivity index (χ3n) is 4.35. The van der Waals surface area contributed by atoms with Crippen molar-refractivity contribution in [1.29, 1.82) is 0 Å². The average molecular weight is 367 g/mol. The lowest BCUT2D eigenvalue weighted by molar-refractivity contribution is 0.0986. The van der Waals surface area contributed by atoms with Crippen molar-refractivity contribution in [3.05, 3.63) is 65.7 Å². The van der Waals surface area contributed by atoms with Gasteiger partial charge in [-0.2, -0.15) is 0 Å². The first kappa shape index (κ1) is 20.5. The van der Waals surface area contributed by atoms with E-state index in [9.17, 15) is 9.59 Å². The molecule has 0 unspecified atom stereocenters. The second kappa shape index (κ2) is 11.0. The number of amides is 3. The van der Waals surface area contributed by atoms with Crippen LogP contribution in [0.4, 0.5) is 10.5 Å². The molecule has 0 aliphatic rings. The first-order chi connectivity index (χ1) is 13.1. The maximum atomic E-state index is 13.1. The van der Waals surface area contributed by atoms with Crippen LogP contribution in [0.2, 0.25) is 0 Å². The molecular formula is C22H29N3O2. The summed E-state index contributed by atoms with van der Waals surface area (Å²) in [5.41, 5.74) is 2.52. The summed E-state index contributed by atoms with van der Waals surface area (Å²) in [6, 6.07) is 17.1. The van der Waals surface area contributed by atoms with Crippen LogP contribution in [0.15, 0.2) is 54.6 Å². The Morgan fingerprint density at radius 2 is 1.52 bits per heavy atom. The van der Waals surface area contributed by atoms with Gasteiger partial charge in [-0.3, -0.25) is 4.79 Å². The second-order valence-electron chi connectivity index (χ2n) is 6.50. The average Bonchev–Trinajstić information content (AvgIpc) is 2.69. The number of aryl methyl sites for hydroxylation is 1. The van der Waals surface area contributed by atoms with Gasteiger partial charge in [0.2, 0.25) is 0 Å². The van der Waals surface area contributed by atoms with E-state index in [1.54, 1.807) is 4.90 Å². The maximum Gasteiger partial charge on any atom is 0.314 e. The summed E-state index contributed by atoms with van der Waals surface area (Å²) < 4.78 is 0. The summed E-state index contributed by atoms with van der Waals surface area (Å²) in [6.07, 6.45) is 2.70. The van der Waals surface area contributed by atoms with Crippen molar-refractivity contribution in [1.82, 2.24) is 10.6 Å². The summed E-state index contributed by atoms with van der Waals surface area (Å²) in [5.74, 6) is -0.0216. The highest BCUT2D eigenvalue weighted by atomic mass is 16.2. The lowest BCUT2D eigenvalue weighted by Crippen LogP contribution is -2.38. The number of nitrogens with one attached hydrogen (secondary N) is 2. The first-order valence-electron chi connectivity index (χ1n) is 9.57. The van der Waals surface area contributed by atoms with Crippen LogP contribution in [-0.2, 0) is 0 Å². The first-order valence-corrected chi connectivity index (χ1v) is 9.57. The van der Waals surface area contributed by atoms with Crippen LogP contribution in [0.1, 0.15) is 42.1 Å². The van der Waals surface area contributed by atoms with Gasteiger partial charge in [0, 0.05) is 30.9 Å². The molecule has 0 saturated heterocycles. The van der Waals surface area contributed by atoms with Gasteiger partial charge in [-0.1, -0.05) is 49.7 Å². The highest BCUT2D eigenvalue weighted by molar-refractivity contribution is 6.07. The van der Waals surface area contributed by atoms with Gasteiger partial charge in [-0.15, -0.1) is 0 Å². The van der Waals surface area contributed by atoms with E-state index in [2.05, 4.69) is 17.6 Å². The number of unbranched alkanes of at least 4 members (excludes halogenated alkanes) is 1. The second-order valence-corrected chi connectivity index (χ2v) is 6.50. The summed E-state index contributed by atoms with van der Waals surface area (Å²) in [5, 5.41) is 5.68. The molecule has 0 fully saturated rings. The van der Waals surface area contributed by atoms with Gasteiger partial charge in [0.1, 0.15) is 0 Å². The number of benzene rings is 2. The molecule has 2 N–H and O–H groups in total. The highest BCUT2D eigenvalue weighted by Gasteiger charge is 2.18. The van der Waals surface area contributed by atoms with Crippen LogP contribution in [0, 0.1) is 6.92 Å². The third kappa shape index (κ3) is 6.44. The Balaban J connectivity index is 1.97. The number of carbonyl (C=O) groups excluding carboxylic acids is 2. The minimum absolute atomic E-state index is 0.0216. The Hall–Kier alpha value is -2.82. The summed E-state index contributed by atoms with van der Waals surface area (Å²) in [4.78, 5) is 26.6. The lowest BCUT2D eigenvalue weighted by Gasteiger charge is -2.24. The molecule has 0 saturated carbocycles. The fourth-order valence-corrected chi connectivity index (χ4v) is 2.79. The number of carbonyl (C=O) groups is 2. The van der Waals surface area contributed by atoms with E-state index >= 15 is 0 Å². The van der Waals surface area contributed by atoms with Crippen molar-refractivity contribution >= 4 is 17.6 Å². The molecule has 2 rings (SSSR count). The molecule has 0 bridgehead atoms. The Bertz CT molecular complexity index is 731. The number of nitrogens with zero attached hydrogens (tertiary/aromatic N) is 1. The summed E-state index contributed by atoms with van der Waals surface area (Å²) in [7, 11) is 0. The fourth-order valence-electron chi connectivity index (χ4n) is 2.79. The van der Waals surface area contributed by atoms with E-state index in [1.165, 1.54) is 0 Å². The quantitative estimate of drug-likeness (QED) is 0.655. The maximum absolute atomic E-state index is 13.1. The van der Waals surface area contributed by atoms with Gasteiger partial charge < -0.3 is 15.5 Å². The van der Waals surface area contributed by atoms with Gasteiger partial charge >= 0.3 is 6.03 Å². The molecule has 0 radical (unpaired) electrons. The van der Waals surface area contributed by atoms with Gasteiger partial charge in [-0.25, -0.2) is 4.79 Å². The number of hydrogen-bond donors (Lipinski definition) is 2. The van der Waals surface area contributed by atoms with Crippen molar-refractivity contribution < 1.29 is 9.59 Å². The zero-order valence-electron chi connectivity index (χ0n) is 16.2. The molecule has 3 amide bonds. The van der Waals surface area contributed by atoms with Gasteiger partial charge in [0.25, 0.3) is 5.91 Å². The molecule has 0 spiro atoms. The molecule has 0 aliphatic heterocycles. The molecule has 27 heavy (non-hydrogen) atoms. The topological polar surface area (TPSA) is 61.4 Å². The lowest BCUT2D eigenvalue weighted by atomic mass is 10.1. The molecule has 2 aromatic rings. The van der Waals surface area contributed by atoms with E-state index in [0.29, 0.717) is 31.6 Å². The SMILES string of the molecule is CCCCNC(=O)NCCCN(C(=O)c1ccccc1C)c1ccccc1. The van der Waals surface area contributed by atoms with Crippen molar-refractivity contribution in [2.24, 2.45) is 0 Å². The van der Waals surface area contributed by atoms with Crippen molar-refractivity contribution in [2.45, 2.75) is 33.1 Å². The Kier molecular flexibility index (Phi) is 8.36. The van der Waals surface area contributed by atoms with Crippen LogP contribution in [0.25, 0.3) is 0 Å². The van der Waals surface area contributed by atoms with Gasteiger partial charge in [-0.05, 0) is 43.5 Å². The van der Waals surface area contributed by atoms with E-state index in [0.717, 1.165) is 24.1 Å². The zero-order chi connectivity index (χ0) is 19.5. The van der Waals surface area contributed by atoms with Crippen molar-refractivity contribution in [3.63, 3.8) is 0 Å². The van der Waals surface area contributed by atoms with Crippen LogP contribution in [0.3, 0.4) is 0 Å². The van der Waals surface area contributed by atoms with E-state index in [-0.39, 0.29) is 11.9 Å². The third-order valence-corrected chi connectivity index (χ3v) is 4.35. The van der Waals surface area contributed by atoms with E-state index in [4.69, 9.17) is 0 Å². The molecule has 2 aromatic carbocycles. The molecule has 0 atom stereocenters. The Labute approximate surface area is 161 Å². The number of hydrogen-bond acceptors (Lipinski definition) is 2. The smallest absolute Gasteiger partial charge is 0.314 e. The molecule has 0 aromatic heterocycles. The predicted molar refractivity (Wildman–Crippen MR) is 110 cm³/mol. The van der Waals surface area contributed by atoms with Crippen LogP contribution in [0.5, 0.6) is 0 Å². The molecule has 144 valence electrons. The van der Waals surface area contributed by atoms with Crippen molar-refractivity contribution in [3.8, 4) is 0 Å². The van der Waals surface area contributed by atoms with Gasteiger partial charge in [0.15, 0.2) is 0 Å². The van der Waals surface area contributed by atoms with Crippen LogP contribution >= 0.6 is 0 Å². The highest BCUT2D eigenvalue weighted by Crippen LogP contribution is 2.19. The van der Waals surface area contributed by atoms with Gasteiger partial charge in [0.05, 0.1) is 0 Å². The molecule has 0 aliphatic carbocycles. The Morgan fingerprint density at radius 3 is 2.19 bits per heavy atom. The number of urea groups is 1. The van der Waals surface area contributed by atoms with Crippen LogP contribution < -0.4 is 15.5 Å². The zero-order valence-corrected chi connectivity index (χ0v) is 16.2. The fraction of sp³-hybridized carbons (Fsp3) is 0.364. The normalized spacial score (nSPS) is 10.3. The van der Waals surface area contributed by atoms with E-state index < -0.39 is 0 Å². The monoisotopic (exact) mass is 367 g/mol. The number of para-hydroxylation sites is 1. The number of rotatable bonds is 9. The molecule has 0 heterocycles. The molecule has 5 nitrogen and oxygen atoms in total. The summed E-state index contributed by atoms with van der Waals surface area (Å²) in [6.45, 7) is 5.76. The van der Waals surface area contributed by atoms with E-state index in [1.807, 2.05) is 61.5 Å². The minimum Gasteiger partial charge on any atom is -0.338 e. The summed E-state index contributed by atoms with van der Waals surface area (Å²) >= 11 is 0. The van der Waals surface area contributed by atoms with Crippen molar-refractivity contribution in [2.75, 3.05) is 24.5 Å². The number of anilines is 1. The largest absolute Gasteiger partial charge is 0.338 e. The van der Waals surface area contributed by atoms with Crippen LogP contribution in [-0.4, -0.2) is 31.6 Å². The molecular weight excluding hydrogens is 338 g/mol. The predicted octanol–water partition coefficient (Wildman–Crippen LogP) is 4.13.